The molecule has 7 nitrogen and oxygen atoms in total. The topological polar surface area (TPSA) is 115 Å². The van der Waals surface area contributed by atoms with Crippen molar-refractivity contribution in [1.82, 2.24) is 0 Å². The number of phenolic OH excluding ortho intramolecular Hbond substituents is 1. The highest BCUT2D eigenvalue weighted by atomic mass is 16.5. The maximum Gasteiger partial charge on any atom is 0.204 e. The minimum Gasteiger partial charge on any atom is -0.507 e. The molecule has 0 amide bonds. The quantitative estimate of drug-likeness (QED) is 0.0855. The largest absolute Gasteiger partial charge is 0.507 e. The van der Waals surface area contributed by atoms with E-state index in [1.165, 1.54) is 0 Å². The van der Waals surface area contributed by atoms with Gasteiger partial charge in [0.15, 0.2) is 0 Å². The van der Waals surface area contributed by atoms with Crippen LogP contribution in [0.5, 0.6) is 17.2 Å². The number of benzene rings is 2. The van der Waals surface area contributed by atoms with Gasteiger partial charge in [0.1, 0.15) is 33.8 Å². The number of ether oxygens (including phenoxy) is 2. The normalized spacial score (nSPS) is 11.2. The van der Waals surface area contributed by atoms with Gasteiger partial charge in [-0.1, -0.05) is 49.5 Å². The molecule has 0 spiro atoms. The van der Waals surface area contributed by atoms with Crippen molar-refractivity contribution in [1.29, 1.82) is 0 Å². The zero-order chi connectivity index (χ0) is 30.6. The van der Waals surface area contributed by atoms with Crippen LogP contribution < -0.4 is 20.6 Å². The Bertz CT molecular complexity index is 1460. The number of unbranched alkanes of at least 4 members (excludes halogenated alkanes) is 5. The lowest BCUT2D eigenvalue weighted by Crippen LogP contribution is -2.11. The smallest absolute Gasteiger partial charge is 0.204 e. The maximum absolute atomic E-state index is 14.2. The lowest BCUT2D eigenvalue weighted by molar-refractivity contribution is 0.259. The number of fused-ring (bicyclic) bond motifs is 2. The third-order valence-corrected chi connectivity index (χ3v) is 7.42. The predicted molar refractivity (Wildman–Crippen MR) is 172 cm³/mol. The molecule has 0 saturated carbocycles. The first-order valence-electron chi connectivity index (χ1n) is 15.4. The Balaban J connectivity index is 2.24. The van der Waals surface area contributed by atoms with Gasteiger partial charge in [-0.05, 0) is 78.3 Å². The summed E-state index contributed by atoms with van der Waals surface area (Å²) in [5.74, 6) is 0.891. The molecule has 2 aromatic carbocycles. The van der Waals surface area contributed by atoms with Gasteiger partial charge in [0.2, 0.25) is 5.43 Å². The van der Waals surface area contributed by atoms with Gasteiger partial charge in [0, 0.05) is 23.3 Å². The van der Waals surface area contributed by atoms with Gasteiger partial charge >= 0.3 is 0 Å². The molecule has 0 fully saturated rings. The van der Waals surface area contributed by atoms with Crippen LogP contribution in [0.25, 0.3) is 21.9 Å². The fourth-order valence-corrected chi connectivity index (χ4v) is 5.04. The molecule has 3 rings (SSSR count). The fourth-order valence-electron chi connectivity index (χ4n) is 5.04. The number of hydrogen-bond acceptors (Lipinski definition) is 7. The van der Waals surface area contributed by atoms with Crippen LogP contribution in [-0.2, 0) is 19.4 Å². The van der Waals surface area contributed by atoms with Crippen molar-refractivity contribution in [2.24, 2.45) is 5.73 Å². The van der Waals surface area contributed by atoms with Crippen LogP contribution in [0, 0.1) is 0 Å². The summed E-state index contributed by atoms with van der Waals surface area (Å²) in [4.78, 5) is 14.2. The highest BCUT2D eigenvalue weighted by molar-refractivity contribution is 5.97. The zero-order valence-electron chi connectivity index (χ0n) is 26.1. The second-order valence-corrected chi connectivity index (χ2v) is 11.4. The summed E-state index contributed by atoms with van der Waals surface area (Å²) in [6, 6.07) is 3.42. The van der Waals surface area contributed by atoms with E-state index in [4.69, 9.17) is 19.6 Å². The average Bonchev–Trinajstić information content (AvgIpc) is 2.94. The number of aliphatic hydroxyl groups excluding tert-OH is 1. The Labute approximate surface area is 250 Å². The zero-order valence-corrected chi connectivity index (χ0v) is 26.1. The SMILES string of the molecule is CCCCCCOc1cc2oc3cc(OCCCCCN)c(CO)c(CC=C(C)C)c3c(=O)c2c(O)c1CC=C(C)C. The Morgan fingerprint density at radius 1 is 0.810 bits per heavy atom. The number of rotatable bonds is 17. The highest BCUT2D eigenvalue weighted by Gasteiger charge is 2.23. The number of aliphatic hydroxyl groups is 1. The van der Waals surface area contributed by atoms with E-state index in [0.717, 1.165) is 56.1 Å². The molecule has 42 heavy (non-hydrogen) atoms. The first kappa shape index (κ1) is 33.2. The van der Waals surface area contributed by atoms with Crippen LogP contribution in [0.1, 0.15) is 96.3 Å². The van der Waals surface area contributed by atoms with E-state index in [2.05, 4.69) is 6.92 Å². The van der Waals surface area contributed by atoms with Crippen molar-refractivity contribution in [3.05, 3.63) is 62.3 Å². The molecule has 3 aromatic rings. The van der Waals surface area contributed by atoms with Gasteiger partial charge in [-0.3, -0.25) is 4.79 Å². The summed E-state index contributed by atoms with van der Waals surface area (Å²) < 4.78 is 18.6. The lowest BCUT2D eigenvalue weighted by Gasteiger charge is -2.18. The number of allylic oxidation sites excluding steroid dienone is 4. The molecule has 0 bridgehead atoms. The Morgan fingerprint density at radius 2 is 1.36 bits per heavy atom. The monoisotopic (exact) mass is 579 g/mol. The molecule has 230 valence electrons. The van der Waals surface area contributed by atoms with Crippen LogP contribution in [-0.4, -0.2) is 30.0 Å². The lowest BCUT2D eigenvalue weighted by atomic mass is 9.95. The van der Waals surface area contributed by atoms with E-state index in [9.17, 15) is 15.0 Å². The minimum atomic E-state index is -0.335. The first-order chi connectivity index (χ1) is 20.2. The molecular weight excluding hydrogens is 530 g/mol. The van der Waals surface area contributed by atoms with Crippen LogP contribution in [0.2, 0.25) is 0 Å². The summed E-state index contributed by atoms with van der Waals surface area (Å²) in [5, 5.41) is 22.4. The molecule has 0 saturated heterocycles. The number of aromatic hydroxyl groups is 1. The van der Waals surface area contributed by atoms with Gasteiger partial charge in [-0.25, -0.2) is 0 Å². The van der Waals surface area contributed by atoms with Crippen molar-refractivity contribution in [3.63, 3.8) is 0 Å². The van der Waals surface area contributed by atoms with Crippen LogP contribution in [0.3, 0.4) is 0 Å². The molecule has 0 radical (unpaired) electrons. The molecule has 4 N–H and O–H groups in total. The van der Waals surface area contributed by atoms with Gasteiger partial charge in [0.05, 0.1) is 25.2 Å². The Morgan fingerprint density at radius 3 is 1.90 bits per heavy atom. The first-order valence-corrected chi connectivity index (χ1v) is 15.4. The van der Waals surface area contributed by atoms with E-state index in [-0.39, 0.29) is 28.8 Å². The van der Waals surface area contributed by atoms with E-state index < -0.39 is 0 Å². The summed E-state index contributed by atoms with van der Waals surface area (Å²) in [6.45, 7) is 11.4. The van der Waals surface area contributed by atoms with Crippen molar-refractivity contribution >= 4 is 21.9 Å². The van der Waals surface area contributed by atoms with Gasteiger partial charge < -0.3 is 29.8 Å². The summed E-state index contributed by atoms with van der Waals surface area (Å²) >= 11 is 0. The summed E-state index contributed by atoms with van der Waals surface area (Å²) in [6.07, 6.45) is 11.8. The van der Waals surface area contributed by atoms with Gasteiger partial charge in [0.25, 0.3) is 0 Å². The Kier molecular flexibility index (Phi) is 12.9. The maximum atomic E-state index is 14.2. The number of hydrogen-bond donors (Lipinski definition) is 3. The van der Waals surface area contributed by atoms with Gasteiger partial charge in [-0.2, -0.15) is 0 Å². The minimum absolute atomic E-state index is 0.121. The average molecular weight is 580 g/mol. The summed E-state index contributed by atoms with van der Waals surface area (Å²) in [7, 11) is 0. The van der Waals surface area contributed by atoms with Crippen LogP contribution in [0.4, 0.5) is 0 Å². The second-order valence-electron chi connectivity index (χ2n) is 11.4. The molecule has 1 aromatic heterocycles. The third kappa shape index (κ3) is 8.39. The molecule has 0 atom stereocenters. The van der Waals surface area contributed by atoms with E-state index >= 15 is 0 Å². The van der Waals surface area contributed by atoms with Crippen molar-refractivity contribution < 1.29 is 24.1 Å². The summed E-state index contributed by atoms with van der Waals surface area (Å²) in [5.41, 5.74) is 9.84. The van der Waals surface area contributed by atoms with Crippen molar-refractivity contribution in [3.8, 4) is 17.2 Å². The third-order valence-electron chi connectivity index (χ3n) is 7.42. The fraction of sp³-hybridized carbons (Fsp3) is 0.514. The van der Waals surface area contributed by atoms with Crippen LogP contribution in [0.15, 0.2) is 44.6 Å². The van der Waals surface area contributed by atoms with E-state index in [1.54, 1.807) is 12.1 Å². The molecule has 7 heteroatoms. The predicted octanol–water partition coefficient (Wildman–Crippen LogP) is 7.63. The molecular formula is C35H49NO6. The number of nitrogens with two attached hydrogens (primary N) is 1. The molecule has 1 heterocycles. The van der Waals surface area contributed by atoms with Crippen molar-refractivity contribution in [2.45, 2.75) is 99.0 Å². The number of phenols is 1. The highest BCUT2D eigenvalue weighted by Crippen LogP contribution is 2.39. The van der Waals surface area contributed by atoms with E-state index in [1.807, 2.05) is 39.8 Å². The van der Waals surface area contributed by atoms with E-state index in [0.29, 0.717) is 71.8 Å². The van der Waals surface area contributed by atoms with Crippen molar-refractivity contribution in [2.75, 3.05) is 19.8 Å². The molecule has 0 aliphatic rings. The standard InChI is InChI=1S/C35H49NO6/c1-6-7-8-11-18-40-28-20-31-33(34(38)26(28)16-14-24(4)5)35(39)32-25(15-13-23(2)3)27(22-37)29(21-30(32)42-31)41-19-12-9-10-17-36/h13-14,20-21,37-38H,6-12,15-19,22,36H2,1-5H3. The van der Waals surface area contributed by atoms with Crippen LogP contribution >= 0.6 is 0 Å². The van der Waals surface area contributed by atoms with Gasteiger partial charge in [-0.15, -0.1) is 0 Å². The molecule has 0 unspecified atom stereocenters. The molecule has 0 aliphatic heterocycles. The second kappa shape index (κ2) is 16.4. The molecule has 0 aliphatic carbocycles. The Hall–Kier alpha value is -3.29.